The van der Waals surface area contributed by atoms with Crippen molar-refractivity contribution in [3.05, 3.63) is 70.2 Å². The molecule has 0 aromatic heterocycles. The number of hydrogen-bond donors (Lipinski definition) is 1. The van der Waals surface area contributed by atoms with E-state index in [1.165, 1.54) is 0 Å². The van der Waals surface area contributed by atoms with Crippen molar-refractivity contribution in [1.29, 1.82) is 0 Å². The van der Waals surface area contributed by atoms with Crippen molar-refractivity contribution in [1.82, 2.24) is 0 Å². The second-order valence-electron chi connectivity index (χ2n) is 4.16. The summed E-state index contributed by atoms with van der Waals surface area (Å²) < 4.78 is 6.71. The van der Waals surface area contributed by atoms with E-state index in [-0.39, 0.29) is 6.04 Å². The predicted molar refractivity (Wildman–Crippen MR) is 77.2 cm³/mol. The van der Waals surface area contributed by atoms with E-state index in [1.807, 2.05) is 54.6 Å². The molecule has 0 fully saturated rings. The van der Waals surface area contributed by atoms with Crippen LogP contribution in [0.3, 0.4) is 0 Å². The number of halogens is 1. The molecule has 1 atom stereocenters. The van der Waals surface area contributed by atoms with E-state index in [4.69, 9.17) is 10.5 Å². The third-order valence-corrected chi connectivity index (χ3v) is 3.24. The van der Waals surface area contributed by atoms with Crippen LogP contribution in [0, 0.1) is 0 Å². The summed E-state index contributed by atoms with van der Waals surface area (Å²) in [5, 5.41) is 0. The summed E-state index contributed by atoms with van der Waals surface area (Å²) in [6, 6.07) is 18.0. The molecule has 18 heavy (non-hydrogen) atoms. The first-order valence-corrected chi connectivity index (χ1v) is 6.68. The maximum Gasteiger partial charge on any atom is 0.0717 e. The van der Waals surface area contributed by atoms with Gasteiger partial charge >= 0.3 is 0 Å². The Hall–Kier alpha value is -1.16. The van der Waals surface area contributed by atoms with Gasteiger partial charge in [-0.3, -0.25) is 0 Å². The van der Waals surface area contributed by atoms with E-state index < -0.39 is 0 Å². The van der Waals surface area contributed by atoms with E-state index in [2.05, 4.69) is 15.9 Å². The molecule has 3 heteroatoms. The molecule has 0 heterocycles. The quantitative estimate of drug-likeness (QED) is 0.915. The summed E-state index contributed by atoms with van der Waals surface area (Å²) in [7, 11) is 0. The minimum Gasteiger partial charge on any atom is -0.375 e. The van der Waals surface area contributed by atoms with Crippen LogP contribution in [-0.2, 0) is 11.3 Å². The highest BCUT2D eigenvalue weighted by Crippen LogP contribution is 2.13. The summed E-state index contributed by atoms with van der Waals surface area (Å²) in [6.45, 7) is 1.12. The summed E-state index contributed by atoms with van der Waals surface area (Å²) in [5.74, 6) is 0. The topological polar surface area (TPSA) is 35.2 Å². The summed E-state index contributed by atoms with van der Waals surface area (Å²) in [6.07, 6.45) is 0. The highest BCUT2D eigenvalue weighted by Gasteiger charge is 2.05. The molecule has 0 aliphatic carbocycles. The van der Waals surface area contributed by atoms with Crippen LogP contribution in [-0.4, -0.2) is 6.61 Å². The van der Waals surface area contributed by atoms with Gasteiger partial charge in [-0.15, -0.1) is 0 Å². The first kappa shape index (κ1) is 13.3. The second-order valence-corrected chi connectivity index (χ2v) is 5.07. The van der Waals surface area contributed by atoms with Crippen molar-refractivity contribution >= 4 is 15.9 Å². The maximum atomic E-state index is 6.05. The van der Waals surface area contributed by atoms with Gasteiger partial charge in [0.05, 0.1) is 19.3 Å². The maximum absolute atomic E-state index is 6.05. The third kappa shape index (κ3) is 3.95. The lowest BCUT2D eigenvalue weighted by Crippen LogP contribution is -2.16. The van der Waals surface area contributed by atoms with Gasteiger partial charge in [0, 0.05) is 4.47 Å². The molecule has 2 N–H and O–H groups in total. The zero-order valence-corrected chi connectivity index (χ0v) is 11.6. The van der Waals surface area contributed by atoms with Gasteiger partial charge in [0.25, 0.3) is 0 Å². The van der Waals surface area contributed by atoms with Crippen LogP contribution in [0.1, 0.15) is 17.2 Å². The van der Waals surface area contributed by atoms with Crippen molar-refractivity contribution < 1.29 is 4.74 Å². The van der Waals surface area contributed by atoms with Gasteiger partial charge in [0.2, 0.25) is 0 Å². The van der Waals surface area contributed by atoms with Gasteiger partial charge in [-0.1, -0.05) is 58.4 Å². The number of nitrogens with two attached hydrogens (primary N) is 1. The number of ether oxygens (including phenoxy) is 1. The summed E-state index contributed by atoms with van der Waals surface area (Å²) in [4.78, 5) is 0. The fourth-order valence-electron chi connectivity index (χ4n) is 1.68. The monoisotopic (exact) mass is 305 g/mol. The van der Waals surface area contributed by atoms with Crippen LogP contribution in [0.25, 0.3) is 0 Å². The van der Waals surface area contributed by atoms with Gasteiger partial charge in [-0.2, -0.15) is 0 Å². The fourth-order valence-corrected chi connectivity index (χ4v) is 1.95. The molecule has 2 aromatic carbocycles. The van der Waals surface area contributed by atoms with Crippen molar-refractivity contribution in [2.75, 3.05) is 6.61 Å². The Morgan fingerprint density at radius 2 is 1.67 bits per heavy atom. The van der Waals surface area contributed by atoms with Crippen LogP contribution in [0.5, 0.6) is 0 Å². The highest BCUT2D eigenvalue weighted by molar-refractivity contribution is 9.10. The SMILES string of the molecule is N[C@H](COCc1ccc(Br)cc1)c1ccccc1. The minimum atomic E-state index is -0.0679. The smallest absolute Gasteiger partial charge is 0.0717 e. The molecule has 0 aliphatic heterocycles. The molecule has 0 aliphatic rings. The fraction of sp³-hybridized carbons (Fsp3) is 0.200. The van der Waals surface area contributed by atoms with Gasteiger partial charge < -0.3 is 10.5 Å². The van der Waals surface area contributed by atoms with Crippen LogP contribution in [0.15, 0.2) is 59.1 Å². The average Bonchev–Trinajstić information content (AvgIpc) is 2.42. The first-order valence-electron chi connectivity index (χ1n) is 5.88. The lowest BCUT2D eigenvalue weighted by molar-refractivity contribution is 0.108. The van der Waals surface area contributed by atoms with E-state index in [0.29, 0.717) is 13.2 Å². The highest BCUT2D eigenvalue weighted by atomic mass is 79.9. The molecule has 0 radical (unpaired) electrons. The Balaban J connectivity index is 1.80. The zero-order valence-electron chi connectivity index (χ0n) is 10.1. The molecular weight excluding hydrogens is 290 g/mol. The molecule has 2 nitrogen and oxygen atoms in total. The van der Waals surface area contributed by atoms with Crippen LogP contribution < -0.4 is 5.73 Å². The average molecular weight is 306 g/mol. The number of rotatable bonds is 5. The number of hydrogen-bond acceptors (Lipinski definition) is 2. The lowest BCUT2D eigenvalue weighted by atomic mass is 10.1. The lowest BCUT2D eigenvalue weighted by Gasteiger charge is -2.12. The predicted octanol–water partition coefficient (Wildman–Crippen LogP) is 3.67. The Bertz CT molecular complexity index is 470. The van der Waals surface area contributed by atoms with E-state index in [1.54, 1.807) is 0 Å². The Morgan fingerprint density at radius 3 is 2.33 bits per heavy atom. The molecular formula is C15H16BrNO. The van der Waals surface area contributed by atoms with Crippen molar-refractivity contribution in [3.8, 4) is 0 Å². The molecule has 0 unspecified atom stereocenters. The minimum absolute atomic E-state index is 0.0679. The Kier molecular flexibility index (Phi) is 4.93. The van der Waals surface area contributed by atoms with Gasteiger partial charge in [0.1, 0.15) is 0 Å². The van der Waals surface area contributed by atoms with Crippen molar-refractivity contribution in [2.45, 2.75) is 12.6 Å². The first-order chi connectivity index (χ1) is 8.75. The Morgan fingerprint density at radius 1 is 1.00 bits per heavy atom. The normalized spacial score (nSPS) is 12.3. The Labute approximate surface area is 116 Å². The second kappa shape index (κ2) is 6.69. The van der Waals surface area contributed by atoms with Crippen LogP contribution >= 0.6 is 15.9 Å². The van der Waals surface area contributed by atoms with Crippen molar-refractivity contribution in [2.24, 2.45) is 5.73 Å². The van der Waals surface area contributed by atoms with Crippen molar-refractivity contribution in [3.63, 3.8) is 0 Å². The van der Waals surface area contributed by atoms with E-state index in [0.717, 1.165) is 15.6 Å². The van der Waals surface area contributed by atoms with Crippen LogP contribution in [0.4, 0.5) is 0 Å². The molecule has 0 spiro atoms. The van der Waals surface area contributed by atoms with Gasteiger partial charge in [0.15, 0.2) is 0 Å². The van der Waals surface area contributed by atoms with Crippen LogP contribution in [0.2, 0.25) is 0 Å². The molecule has 0 bridgehead atoms. The molecule has 0 saturated carbocycles. The summed E-state index contributed by atoms with van der Waals surface area (Å²) >= 11 is 3.41. The van der Waals surface area contributed by atoms with Gasteiger partial charge in [-0.05, 0) is 23.3 Å². The third-order valence-electron chi connectivity index (χ3n) is 2.71. The number of benzene rings is 2. The zero-order chi connectivity index (χ0) is 12.8. The summed E-state index contributed by atoms with van der Waals surface area (Å²) in [5.41, 5.74) is 8.31. The molecule has 94 valence electrons. The van der Waals surface area contributed by atoms with Gasteiger partial charge in [-0.25, -0.2) is 0 Å². The molecule has 0 amide bonds. The largest absolute Gasteiger partial charge is 0.375 e. The molecule has 2 rings (SSSR count). The molecule has 2 aromatic rings. The van der Waals surface area contributed by atoms with E-state index in [9.17, 15) is 0 Å². The molecule has 0 saturated heterocycles. The standard InChI is InChI=1S/C15H16BrNO/c16-14-8-6-12(7-9-14)10-18-11-15(17)13-4-2-1-3-5-13/h1-9,15H,10-11,17H2/t15-/m1/s1. The van der Waals surface area contributed by atoms with E-state index >= 15 is 0 Å².